The van der Waals surface area contributed by atoms with Crippen molar-refractivity contribution in [2.45, 2.75) is 20.4 Å². The van der Waals surface area contributed by atoms with E-state index in [9.17, 15) is 4.79 Å². The normalized spacial score (nSPS) is 17.3. The van der Waals surface area contributed by atoms with E-state index in [0.717, 1.165) is 23.5 Å². The van der Waals surface area contributed by atoms with Crippen molar-refractivity contribution >= 4 is 40.3 Å². The molecule has 0 bridgehead atoms. The summed E-state index contributed by atoms with van der Waals surface area (Å²) >= 11 is 6.29. The van der Waals surface area contributed by atoms with Gasteiger partial charge in [-0.3, -0.25) is 4.79 Å². The summed E-state index contributed by atoms with van der Waals surface area (Å²) in [4.78, 5) is 12.3. The number of methoxy groups -OCH3 is 1. The molecule has 2 heterocycles. The predicted octanol–water partition coefficient (Wildman–Crippen LogP) is 2.24. The summed E-state index contributed by atoms with van der Waals surface area (Å²) in [6, 6.07) is 2.08. The maximum absolute atomic E-state index is 11.6. The molecule has 1 saturated heterocycles. The molecule has 0 unspecified atom stereocenters. The maximum atomic E-state index is 11.6. The first-order chi connectivity index (χ1) is 9.02. The Morgan fingerprint density at radius 1 is 1.53 bits per heavy atom. The Labute approximate surface area is 122 Å². The van der Waals surface area contributed by atoms with E-state index in [4.69, 9.17) is 17.0 Å². The van der Waals surface area contributed by atoms with Gasteiger partial charge in [-0.2, -0.15) is 0 Å². The molecule has 6 heteroatoms. The van der Waals surface area contributed by atoms with Crippen LogP contribution in [-0.2, 0) is 16.1 Å². The van der Waals surface area contributed by atoms with Crippen molar-refractivity contribution in [1.82, 2.24) is 9.88 Å². The Bertz CT molecular complexity index is 561. The van der Waals surface area contributed by atoms with E-state index in [1.54, 1.807) is 7.11 Å². The average Bonchev–Trinajstić information content (AvgIpc) is 2.79. The van der Waals surface area contributed by atoms with E-state index < -0.39 is 0 Å². The number of rotatable bonds is 4. The van der Waals surface area contributed by atoms with Crippen molar-refractivity contribution < 1.29 is 9.53 Å². The van der Waals surface area contributed by atoms with Gasteiger partial charge in [-0.15, -0.1) is 0 Å². The molecule has 0 saturated carbocycles. The van der Waals surface area contributed by atoms with Crippen LogP contribution in [0.25, 0.3) is 6.08 Å². The molecule has 0 atom stereocenters. The second-order valence-electron chi connectivity index (χ2n) is 4.32. The van der Waals surface area contributed by atoms with Crippen molar-refractivity contribution in [1.29, 1.82) is 0 Å². The third-order valence-electron chi connectivity index (χ3n) is 3.06. The molecule has 19 heavy (non-hydrogen) atoms. The highest BCUT2D eigenvalue weighted by atomic mass is 32.2. The van der Waals surface area contributed by atoms with Crippen LogP contribution in [0, 0.1) is 13.8 Å². The topological polar surface area (TPSA) is 43.3 Å². The number of amides is 1. The van der Waals surface area contributed by atoms with E-state index >= 15 is 0 Å². The number of carbonyl (C=O) groups excluding carboxylic acids is 1. The molecule has 0 spiro atoms. The molecule has 1 N–H and O–H groups in total. The van der Waals surface area contributed by atoms with E-state index in [2.05, 4.69) is 22.9 Å². The molecule has 1 aliphatic heterocycles. The molecule has 1 aromatic rings. The second kappa shape index (κ2) is 5.90. The van der Waals surface area contributed by atoms with Gasteiger partial charge in [-0.25, -0.2) is 0 Å². The van der Waals surface area contributed by atoms with Gasteiger partial charge >= 0.3 is 0 Å². The lowest BCUT2D eigenvalue weighted by Crippen LogP contribution is -2.17. The van der Waals surface area contributed by atoms with Gasteiger partial charge in [0, 0.05) is 25.0 Å². The van der Waals surface area contributed by atoms with Gasteiger partial charge < -0.3 is 14.6 Å². The first kappa shape index (κ1) is 14.3. The van der Waals surface area contributed by atoms with Gasteiger partial charge in [0.1, 0.15) is 4.32 Å². The molecule has 0 radical (unpaired) electrons. The summed E-state index contributed by atoms with van der Waals surface area (Å²) in [6.45, 7) is 5.59. The summed E-state index contributed by atoms with van der Waals surface area (Å²) in [6.07, 6.45) is 1.89. The number of aryl methyl sites for hydroxylation is 1. The number of nitrogens with zero attached hydrogens (tertiary/aromatic N) is 1. The third-order valence-corrected chi connectivity index (χ3v) is 4.22. The van der Waals surface area contributed by atoms with Crippen LogP contribution in [0.1, 0.15) is 17.0 Å². The molecule has 0 aromatic carbocycles. The Kier molecular flexibility index (Phi) is 4.44. The summed E-state index contributed by atoms with van der Waals surface area (Å²) in [5.74, 6) is -0.114. The summed E-state index contributed by atoms with van der Waals surface area (Å²) in [7, 11) is 1.69. The van der Waals surface area contributed by atoms with Crippen LogP contribution in [0.15, 0.2) is 11.0 Å². The van der Waals surface area contributed by atoms with Crippen molar-refractivity contribution in [2.24, 2.45) is 0 Å². The number of aromatic nitrogens is 1. The first-order valence-electron chi connectivity index (χ1n) is 5.93. The zero-order valence-corrected chi connectivity index (χ0v) is 12.8. The van der Waals surface area contributed by atoms with E-state index in [1.807, 2.05) is 13.0 Å². The second-order valence-corrected chi connectivity index (χ2v) is 6.04. The Balaban J connectivity index is 2.29. The fourth-order valence-electron chi connectivity index (χ4n) is 2.06. The SMILES string of the molecule is COCCn1c(C)cc(C=C2SC(=S)NC2=O)c1C. The first-order valence-corrected chi connectivity index (χ1v) is 7.16. The lowest BCUT2D eigenvalue weighted by atomic mass is 10.2. The van der Waals surface area contributed by atoms with Crippen LogP contribution in [0.2, 0.25) is 0 Å². The number of carbonyl (C=O) groups is 1. The number of ether oxygens (including phenoxy) is 1. The average molecular weight is 296 g/mol. The fraction of sp³-hybridized carbons (Fsp3) is 0.385. The molecule has 0 aliphatic carbocycles. The maximum Gasteiger partial charge on any atom is 0.263 e. The monoisotopic (exact) mass is 296 g/mol. The highest BCUT2D eigenvalue weighted by molar-refractivity contribution is 8.26. The molecule has 1 aromatic heterocycles. The van der Waals surface area contributed by atoms with Gasteiger partial charge in [0.05, 0.1) is 11.5 Å². The van der Waals surface area contributed by atoms with Gasteiger partial charge in [0.15, 0.2) is 0 Å². The number of hydrogen-bond donors (Lipinski definition) is 1. The molecule has 1 aliphatic rings. The van der Waals surface area contributed by atoms with Crippen molar-refractivity contribution in [3.05, 3.63) is 27.9 Å². The molecule has 102 valence electrons. The lowest BCUT2D eigenvalue weighted by Gasteiger charge is -2.08. The third kappa shape index (κ3) is 3.08. The minimum Gasteiger partial charge on any atom is -0.383 e. The Morgan fingerprint density at radius 3 is 2.84 bits per heavy atom. The predicted molar refractivity (Wildman–Crippen MR) is 82.1 cm³/mol. The van der Waals surface area contributed by atoms with Crippen molar-refractivity contribution in [3.63, 3.8) is 0 Å². The Morgan fingerprint density at radius 2 is 2.26 bits per heavy atom. The molecule has 1 fully saturated rings. The van der Waals surface area contributed by atoms with Crippen LogP contribution in [0.4, 0.5) is 0 Å². The highest BCUT2D eigenvalue weighted by Crippen LogP contribution is 2.27. The largest absolute Gasteiger partial charge is 0.383 e. The molecular weight excluding hydrogens is 280 g/mol. The van der Waals surface area contributed by atoms with Crippen LogP contribution in [-0.4, -0.2) is 28.5 Å². The van der Waals surface area contributed by atoms with E-state index in [0.29, 0.717) is 15.8 Å². The Hall–Kier alpha value is -1.11. The van der Waals surface area contributed by atoms with Crippen molar-refractivity contribution in [2.75, 3.05) is 13.7 Å². The highest BCUT2D eigenvalue weighted by Gasteiger charge is 2.22. The fourth-order valence-corrected chi connectivity index (χ4v) is 3.10. The number of thiocarbonyl (C=S) groups is 1. The zero-order chi connectivity index (χ0) is 14.0. The standard InChI is InChI=1S/C13H16N2O2S2/c1-8-6-10(9(2)15(8)4-5-17-3)7-11-12(16)14-13(18)19-11/h6-7H,4-5H2,1-3H3,(H,14,16,18). The number of nitrogens with one attached hydrogen (secondary N) is 1. The van der Waals surface area contributed by atoms with Gasteiger partial charge in [0.25, 0.3) is 5.91 Å². The van der Waals surface area contributed by atoms with Crippen LogP contribution in [0.5, 0.6) is 0 Å². The zero-order valence-electron chi connectivity index (χ0n) is 11.1. The molecule has 1 amide bonds. The lowest BCUT2D eigenvalue weighted by molar-refractivity contribution is -0.115. The van der Waals surface area contributed by atoms with Gasteiger partial charge in [-0.1, -0.05) is 24.0 Å². The van der Waals surface area contributed by atoms with Crippen LogP contribution < -0.4 is 5.32 Å². The van der Waals surface area contributed by atoms with Crippen LogP contribution in [0.3, 0.4) is 0 Å². The minimum absolute atomic E-state index is 0.114. The molecular formula is C13H16N2O2S2. The van der Waals surface area contributed by atoms with Gasteiger partial charge in [-0.05, 0) is 31.6 Å². The quantitative estimate of drug-likeness (QED) is 0.683. The summed E-state index contributed by atoms with van der Waals surface area (Å²) in [5, 5.41) is 2.62. The molecule has 4 nitrogen and oxygen atoms in total. The number of thioether (sulfide) groups is 1. The smallest absolute Gasteiger partial charge is 0.263 e. The van der Waals surface area contributed by atoms with Crippen LogP contribution >= 0.6 is 24.0 Å². The minimum atomic E-state index is -0.114. The molecule has 2 rings (SSSR count). The number of hydrogen-bond acceptors (Lipinski definition) is 4. The van der Waals surface area contributed by atoms with Crippen molar-refractivity contribution in [3.8, 4) is 0 Å². The van der Waals surface area contributed by atoms with Gasteiger partial charge in [0.2, 0.25) is 0 Å². The van der Waals surface area contributed by atoms with E-state index in [1.165, 1.54) is 11.8 Å². The summed E-state index contributed by atoms with van der Waals surface area (Å²) < 4.78 is 7.81. The summed E-state index contributed by atoms with van der Waals surface area (Å²) in [5.41, 5.74) is 3.34. The van der Waals surface area contributed by atoms with E-state index in [-0.39, 0.29) is 5.91 Å².